The number of ketones is 1. The molecule has 0 saturated carbocycles. The maximum absolute atomic E-state index is 13.4. The lowest BCUT2D eigenvalue weighted by atomic mass is 9.78. The van der Waals surface area contributed by atoms with Crippen LogP contribution in [0.1, 0.15) is 88.0 Å². The first kappa shape index (κ1) is 23.8. The molecule has 0 fully saturated rings. The summed E-state index contributed by atoms with van der Waals surface area (Å²) < 4.78 is 5.90. The predicted molar refractivity (Wildman–Crippen MR) is 129 cm³/mol. The number of hydrogen-bond acceptors (Lipinski definition) is 4. The molecule has 2 aromatic rings. The minimum absolute atomic E-state index is 0.00798. The zero-order valence-electron chi connectivity index (χ0n) is 20.6. The summed E-state index contributed by atoms with van der Waals surface area (Å²) in [7, 11) is 0. The van der Waals surface area contributed by atoms with Crippen molar-refractivity contribution < 1.29 is 14.6 Å². The van der Waals surface area contributed by atoms with Gasteiger partial charge in [0.1, 0.15) is 17.3 Å². The zero-order chi connectivity index (χ0) is 24.0. The first-order valence-electron chi connectivity index (χ1n) is 11.2. The van der Waals surface area contributed by atoms with E-state index >= 15 is 0 Å². The third-order valence-electron chi connectivity index (χ3n) is 5.77. The van der Waals surface area contributed by atoms with Crippen LogP contribution in [0.15, 0.2) is 30.3 Å². The highest BCUT2D eigenvalue weighted by atomic mass is 16.5. The molecular formula is C27H36N2O3. The Kier molecular flexibility index (Phi) is 6.16. The van der Waals surface area contributed by atoms with Crippen LogP contribution in [0.5, 0.6) is 11.5 Å². The molecule has 0 radical (unpaired) electrons. The molecule has 0 spiro atoms. The SMILES string of the molecule is CC(C)Oc1cccc2c1C(=N)N(CC(=O)c1cc(C(C)(C)C)c(O)c(C(C)(C)C)c1)C2. The van der Waals surface area contributed by atoms with Gasteiger partial charge in [0.2, 0.25) is 0 Å². The molecule has 5 heteroatoms. The maximum atomic E-state index is 13.4. The monoisotopic (exact) mass is 436 g/mol. The molecule has 2 aromatic carbocycles. The lowest BCUT2D eigenvalue weighted by Crippen LogP contribution is -2.31. The third kappa shape index (κ3) is 4.67. The van der Waals surface area contributed by atoms with Crippen molar-refractivity contribution in [1.82, 2.24) is 4.90 Å². The number of ether oxygens (including phenoxy) is 1. The van der Waals surface area contributed by atoms with E-state index in [0.717, 1.165) is 22.3 Å². The second-order valence-corrected chi connectivity index (χ2v) is 11.0. The smallest absolute Gasteiger partial charge is 0.182 e. The Balaban J connectivity index is 1.93. The molecular weight excluding hydrogens is 400 g/mol. The van der Waals surface area contributed by atoms with Crippen molar-refractivity contribution >= 4 is 11.6 Å². The highest BCUT2D eigenvalue weighted by Gasteiger charge is 2.31. The van der Waals surface area contributed by atoms with E-state index in [9.17, 15) is 9.90 Å². The van der Waals surface area contributed by atoms with Gasteiger partial charge in [0, 0.05) is 23.2 Å². The summed E-state index contributed by atoms with van der Waals surface area (Å²) in [4.78, 5) is 15.2. The van der Waals surface area contributed by atoms with E-state index in [1.165, 1.54) is 0 Å². The second kappa shape index (κ2) is 8.27. The molecule has 0 atom stereocenters. The molecule has 0 amide bonds. The Morgan fingerprint density at radius 1 is 1.09 bits per heavy atom. The Bertz CT molecular complexity index is 1020. The number of carbonyl (C=O) groups excluding carboxylic acids is 1. The van der Waals surface area contributed by atoms with Crippen LogP contribution in [0, 0.1) is 5.41 Å². The molecule has 1 aliphatic heterocycles. The van der Waals surface area contributed by atoms with E-state index in [-0.39, 0.29) is 35.0 Å². The van der Waals surface area contributed by atoms with Gasteiger partial charge >= 0.3 is 0 Å². The van der Waals surface area contributed by atoms with E-state index < -0.39 is 0 Å². The summed E-state index contributed by atoms with van der Waals surface area (Å²) in [5.74, 6) is 1.20. The summed E-state index contributed by atoms with van der Waals surface area (Å²) in [6, 6.07) is 9.42. The van der Waals surface area contributed by atoms with Gasteiger partial charge in [-0.05, 0) is 48.4 Å². The van der Waals surface area contributed by atoms with E-state index in [1.807, 2.05) is 85.7 Å². The van der Waals surface area contributed by atoms with Crippen LogP contribution in [0.25, 0.3) is 0 Å². The van der Waals surface area contributed by atoms with Crippen LogP contribution in [-0.4, -0.2) is 34.3 Å². The second-order valence-electron chi connectivity index (χ2n) is 11.0. The molecule has 0 aromatic heterocycles. The number of phenolic OH excluding ortho intramolecular Hbond substituents is 1. The van der Waals surface area contributed by atoms with Gasteiger partial charge in [0.05, 0.1) is 18.2 Å². The fraction of sp³-hybridized carbons (Fsp3) is 0.481. The average Bonchev–Trinajstić information content (AvgIpc) is 2.96. The number of hydrogen-bond donors (Lipinski definition) is 2. The highest BCUT2D eigenvalue weighted by molar-refractivity contribution is 6.06. The van der Waals surface area contributed by atoms with Crippen molar-refractivity contribution in [3.05, 3.63) is 58.1 Å². The van der Waals surface area contributed by atoms with Crippen LogP contribution in [0.4, 0.5) is 0 Å². The van der Waals surface area contributed by atoms with Gasteiger partial charge < -0.3 is 14.7 Å². The van der Waals surface area contributed by atoms with Gasteiger partial charge in [-0.2, -0.15) is 0 Å². The number of nitrogens with zero attached hydrogens (tertiary/aromatic N) is 1. The van der Waals surface area contributed by atoms with Gasteiger partial charge in [-0.1, -0.05) is 53.7 Å². The van der Waals surface area contributed by atoms with Crippen LogP contribution in [0.2, 0.25) is 0 Å². The maximum Gasteiger partial charge on any atom is 0.182 e. The summed E-state index contributed by atoms with van der Waals surface area (Å²) in [6.07, 6.45) is 0.00798. The largest absolute Gasteiger partial charge is 0.507 e. The molecule has 0 unspecified atom stereocenters. The minimum Gasteiger partial charge on any atom is -0.507 e. The van der Waals surface area contributed by atoms with E-state index in [1.54, 1.807) is 4.90 Å². The van der Waals surface area contributed by atoms with Crippen LogP contribution < -0.4 is 4.74 Å². The van der Waals surface area contributed by atoms with Crippen LogP contribution in [-0.2, 0) is 17.4 Å². The minimum atomic E-state index is -0.306. The number of aromatic hydroxyl groups is 1. The van der Waals surface area contributed by atoms with Gasteiger partial charge in [-0.25, -0.2) is 0 Å². The van der Waals surface area contributed by atoms with Crippen molar-refractivity contribution in [2.45, 2.75) is 78.9 Å². The highest BCUT2D eigenvalue weighted by Crippen LogP contribution is 2.40. The van der Waals surface area contributed by atoms with Crippen LogP contribution >= 0.6 is 0 Å². The normalized spacial score (nSPS) is 14.2. The summed E-state index contributed by atoms with van der Waals surface area (Å²) in [6.45, 7) is 16.7. The summed E-state index contributed by atoms with van der Waals surface area (Å²) in [5.41, 5.74) is 3.25. The Morgan fingerprint density at radius 2 is 1.66 bits per heavy atom. The fourth-order valence-corrected chi connectivity index (χ4v) is 4.11. The molecule has 172 valence electrons. The van der Waals surface area contributed by atoms with Gasteiger partial charge in [-0.15, -0.1) is 0 Å². The van der Waals surface area contributed by atoms with Crippen molar-refractivity contribution in [2.75, 3.05) is 6.54 Å². The molecule has 3 rings (SSSR count). The number of Topliss-reactive ketones (excluding diaryl/α,β-unsaturated/α-hetero) is 1. The standard InChI is InChI=1S/C27H36N2O3/c1-16(2)32-22-11-9-10-17-14-29(25(28)23(17)22)15-21(30)18-12-19(26(3,4)5)24(31)20(13-18)27(6,7)8/h9-13,16,28,31H,14-15H2,1-8H3. The van der Waals surface area contributed by atoms with E-state index in [0.29, 0.717) is 23.7 Å². The number of benzene rings is 2. The molecule has 0 saturated heterocycles. The number of phenols is 1. The molecule has 1 aliphatic rings. The third-order valence-corrected chi connectivity index (χ3v) is 5.77. The zero-order valence-corrected chi connectivity index (χ0v) is 20.6. The molecule has 1 heterocycles. The summed E-state index contributed by atoms with van der Waals surface area (Å²) >= 11 is 0. The van der Waals surface area contributed by atoms with Gasteiger partial charge in [-0.3, -0.25) is 10.2 Å². The Labute approximate surface area is 191 Å². The lowest BCUT2D eigenvalue weighted by molar-refractivity contribution is 0.0962. The van der Waals surface area contributed by atoms with Crippen molar-refractivity contribution in [3.8, 4) is 11.5 Å². The topological polar surface area (TPSA) is 73.6 Å². The van der Waals surface area contributed by atoms with E-state index in [2.05, 4.69) is 0 Å². The first-order valence-corrected chi connectivity index (χ1v) is 11.2. The van der Waals surface area contributed by atoms with Crippen molar-refractivity contribution in [3.63, 3.8) is 0 Å². The summed E-state index contributed by atoms with van der Waals surface area (Å²) in [5, 5.41) is 19.6. The number of fused-ring (bicyclic) bond motifs is 1. The van der Waals surface area contributed by atoms with E-state index in [4.69, 9.17) is 10.1 Å². The molecule has 2 N–H and O–H groups in total. The van der Waals surface area contributed by atoms with Crippen molar-refractivity contribution in [2.24, 2.45) is 0 Å². The Morgan fingerprint density at radius 3 is 2.16 bits per heavy atom. The number of amidine groups is 1. The lowest BCUT2D eigenvalue weighted by Gasteiger charge is -2.28. The number of carbonyl (C=O) groups is 1. The van der Waals surface area contributed by atoms with Crippen LogP contribution in [0.3, 0.4) is 0 Å². The molecule has 5 nitrogen and oxygen atoms in total. The van der Waals surface area contributed by atoms with Gasteiger partial charge in [0.15, 0.2) is 5.78 Å². The Hall–Kier alpha value is -2.82. The average molecular weight is 437 g/mol. The predicted octanol–water partition coefficient (Wildman–Crippen LogP) is 5.80. The quantitative estimate of drug-likeness (QED) is 0.581. The fourth-order valence-electron chi connectivity index (χ4n) is 4.11. The molecule has 32 heavy (non-hydrogen) atoms. The molecule has 0 aliphatic carbocycles. The van der Waals surface area contributed by atoms with Gasteiger partial charge in [0.25, 0.3) is 0 Å². The molecule has 0 bridgehead atoms. The van der Waals surface area contributed by atoms with Crippen molar-refractivity contribution in [1.29, 1.82) is 5.41 Å². The number of rotatable bonds is 5. The number of nitrogens with one attached hydrogen (secondary N) is 1. The first-order chi connectivity index (χ1) is 14.7.